The fourth-order valence-corrected chi connectivity index (χ4v) is 4.03. The maximum Gasteiger partial charge on any atom is 0.240 e. The van der Waals surface area contributed by atoms with Gasteiger partial charge >= 0.3 is 0 Å². The van der Waals surface area contributed by atoms with Gasteiger partial charge in [-0.05, 0) is 49.2 Å². The smallest absolute Gasteiger partial charge is 0.240 e. The Morgan fingerprint density at radius 1 is 1.11 bits per heavy atom. The highest BCUT2D eigenvalue weighted by molar-refractivity contribution is 7.89. The van der Waals surface area contributed by atoms with Crippen molar-refractivity contribution in [3.8, 4) is 11.5 Å². The number of fused-ring (bicyclic) bond motifs is 1. The van der Waals surface area contributed by atoms with Crippen molar-refractivity contribution in [1.82, 2.24) is 4.72 Å². The lowest BCUT2D eigenvalue weighted by Crippen LogP contribution is -2.34. The van der Waals surface area contributed by atoms with Crippen LogP contribution in [0.5, 0.6) is 11.5 Å². The summed E-state index contributed by atoms with van der Waals surface area (Å²) in [6, 6.07) is 14.3. The summed E-state index contributed by atoms with van der Waals surface area (Å²) in [5.41, 5.74) is 1.11. The SMILES string of the molecule is CCOCCOc1ccc(S(=O)(=O)NCC2COc3ccccc3C2)cc1. The third-order valence-corrected chi connectivity index (χ3v) is 5.79. The highest BCUT2D eigenvalue weighted by atomic mass is 32.2. The Kier molecular flexibility index (Phi) is 6.71. The zero-order valence-electron chi connectivity index (χ0n) is 15.4. The number of ether oxygens (including phenoxy) is 3. The first-order valence-electron chi connectivity index (χ1n) is 9.09. The molecule has 2 aromatic carbocycles. The first-order chi connectivity index (χ1) is 13.1. The molecule has 2 aromatic rings. The second kappa shape index (κ2) is 9.21. The predicted molar refractivity (Wildman–Crippen MR) is 103 cm³/mol. The van der Waals surface area contributed by atoms with Gasteiger partial charge in [0.05, 0.1) is 18.1 Å². The van der Waals surface area contributed by atoms with Crippen LogP contribution in [0.3, 0.4) is 0 Å². The molecule has 0 amide bonds. The molecule has 0 bridgehead atoms. The van der Waals surface area contributed by atoms with Crippen LogP contribution in [0.2, 0.25) is 0 Å². The van der Waals surface area contributed by atoms with Crippen molar-refractivity contribution in [2.75, 3.05) is 33.0 Å². The molecule has 27 heavy (non-hydrogen) atoms. The van der Waals surface area contributed by atoms with E-state index in [1.165, 1.54) is 0 Å². The summed E-state index contributed by atoms with van der Waals surface area (Å²) in [4.78, 5) is 0.219. The van der Waals surface area contributed by atoms with Crippen LogP contribution in [0.15, 0.2) is 53.4 Å². The lowest BCUT2D eigenvalue weighted by atomic mass is 9.97. The minimum Gasteiger partial charge on any atom is -0.493 e. The molecule has 146 valence electrons. The van der Waals surface area contributed by atoms with Crippen LogP contribution in [-0.4, -0.2) is 41.4 Å². The molecule has 0 spiro atoms. The van der Waals surface area contributed by atoms with E-state index in [0.717, 1.165) is 17.7 Å². The van der Waals surface area contributed by atoms with E-state index in [1.54, 1.807) is 24.3 Å². The average molecular weight is 391 g/mol. The highest BCUT2D eigenvalue weighted by Crippen LogP contribution is 2.26. The molecule has 0 saturated carbocycles. The monoisotopic (exact) mass is 391 g/mol. The van der Waals surface area contributed by atoms with Gasteiger partial charge in [-0.15, -0.1) is 0 Å². The van der Waals surface area contributed by atoms with Crippen molar-refractivity contribution >= 4 is 10.0 Å². The van der Waals surface area contributed by atoms with Gasteiger partial charge in [0.1, 0.15) is 18.1 Å². The number of nitrogens with one attached hydrogen (secondary N) is 1. The molecule has 0 aromatic heterocycles. The predicted octanol–water partition coefficient (Wildman–Crippen LogP) is 2.63. The molecule has 0 fully saturated rings. The van der Waals surface area contributed by atoms with Crippen LogP contribution in [0, 0.1) is 5.92 Å². The number of benzene rings is 2. The summed E-state index contributed by atoms with van der Waals surface area (Å²) in [5.74, 6) is 1.61. The summed E-state index contributed by atoms with van der Waals surface area (Å²) in [7, 11) is -3.57. The van der Waals surface area contributed by atoms with Crippen molar-refractivity contribution in [2.45, 2.75) is 18.2 Å². The van der Waals surface area contributed by atoms with E-state index in [4.69, 9.17) is 14.2 Å². The number of rotatable bonds is 9. The van der Waals surface area contributed by atoms with E-state index in [0.29, 0.717) is 38.7 Å². The van der Waals surface area contributed by atoms with Crippen molar-refractivity contribution in [2.24, 2.45) is 5.92 Å². The van der Waals surface area contributed by atoms with Crippen molar-refractivity contribution in [1.29, 1.82) is 0 Å². The van der Waals surface area contributed by atoms with E-state index in [-0.39, 0.29) is 10.8 Å². The summed E-state index contributed by atoms with van der Waals surface area (Å²) < 4.78 is 44.1. The van der Waals surface area contributed by atoms with E-state index < -0.39 is 10.0 Å². The van der Waals surface area contributed by atoms with E-state index in [9.17, 15) is 8.42 Å². The molecular formula is C20H25NO5S. The molecule has 6 nitrogen and oxygen atoms in total. The molecule has 1 unspecified atom stereocenters. The molecule has 0 saturated heterocycles. The van der Waals surface area contributed by atoms with Crippen LogP contribution < -0.4 is 14.2 Å². The van der Waals surface area contributed by atoms with Crippen molar-refractivity contribution < 1.29 is 22.6 Å². The Morgan fingerprint density at radius 3 is 2.67 bits per heavy atom. The number of hydrogen-bond donors (Lipinski definition) is 1. The van der Waals surface area contributed by atoms with Gasteiger partial charge in [-0.25, -0.2) is 13.1 Å². The van der Waals surface area contributed by atoms with Crippen molar-refractivity contribution in [3.63, 3.8) is 0 Å². The fraction of sp³-hybridized carbons (Fsp3) is 0.400. The third-order valence-electron chi connectivity index (χ3n) is 4.35. The topological polar surface area (TPSA) is 73.9 Å². The maximum absolute atomic E-state index is 12.5. The van der Waals surface area contributed by atoms with Gasteiger partial charge in [-0.2, -0.15) is 0 Å². The minimum absolute atomic E-state index is 0.107. The molecule has 0 aliphatic carbocycles. The van der Waals surface area contributed by atoms with Gasteiger partial charge in [-0.1, -0.05) is 18.2 Å². The molecule has 0 radical (unpaired) electrons. The molecular weight excluding hydrogens is 366 g/mol. The third kappa shape index (κ3) is 5.45. The number of para-hydroxylation sites is 1. The lowest BCUT2D eigenvalue weighted by molar-refractivity contribution is 0.110. The van der Waals surface area contributed by atoms with E-state index >= 15 is 0 Å². The van der Waals surface area contributed by atoms with Gasteiger partial charge in [0.2, 0.25) is 10.0 Å². The average Bonchev–Trinajstić information content (AvgIpc) is 2.70. The van der Waals surface area contributed by atoms with Crippen LogP contribution in [0.4, 0.5) is 0 Å². The second-order valence-electron chi connectivity index (χ2n) is 6.36. The summed E-state index contributed by atoms with van der Waals surface area (Å²) in [6.45, 7) is 4.34. The number of hydrogen-bond acceptors (Lipinski definition) is 5. The quantitative estimate of drug-likeness (QED) is 0.665. The Morgan fingerprint density at radius 2 is 1.89 bits per heavy atom. The van der Waals surface area contributed by atoms with Gasteiger partial charge in [-0.3, -0.25) is 0 Å². The highest BCUT2D eigenvalue weighted by Gasteiger charge is 2.22. The van der Waals surface area contributed by atoms with E-state index in [1.807, 2.05) is 31.2 Å². The molecule has 1 heterocycles. The van der Waals surface area contributed by atoms with Gasteiger partial charge < -0.3 is 14.2 Å². The largest absolute Gasteiger partial charge is 0.493 e. The first-order valence-corrected chi connectivity index (χ1v) is 10.6. The molecule has 7 heteroatoms. The Hall–Kier alpha value is -2.09. The Labute approximate surface area is 160 Å². The van der Waals surface area contributed by atoms with E-state index in [2.05, 4.69) is 4.72 Å². The molecule has 3 rings (SSSR count). The fourth-order valence-electron chi connectivity index (χ4n) is 2.91. The zero-order valence-corrected chi connectivity index (χ0v) is 16.2. The summed E-state index contributed by atoms with van der Waals surface area (Å²) in [5, 5.41) is 0. The van der Waals surface area contributed by atoms with Gasteiger partial charge in [0.15, 0.2) is 0 Å². The van der Waals surface area contributed by atoms with Gasteiger partial charge in [0.25, 0.3) is 0 Å². The lowest BCUT2D eigenvalue weighted by Gasteiger charge is -2.25. The standard InChI is InChI=1S/C20H25NO5S/c1-2-24-11-12-25-18-7-9-19(10-8-18)27(22,23)21-14-16-13-17-5-3-4-6-20(17)26-15-16/h3-10,16,21H,2,11-15H2,1H3. The maximum atomic E-state index is 12.5. The van der Waals surface area contributed by atoms with Crippen LogP contribution in [0.1, 0.15) is 12.5 Å². The van der Waals surface area contributed by atoms with Gasteiger partial charge in [0, 0.05) is 19.1 Å². The first kappa shape index (κ1) is 19.7. The Bertz CT molecular complexity index is 836. The minimum atomic E-state index is -3.57. The van der Waals surface area contributed by atoms with Crippen LogP contribution in [0.25, 0.3) is 0 Å². The molecule has 1 atom stereocenters. The zero-order chi connectivity index (χ0) is 19.1. The van der Waals surface area contributed by atoms with Crippen LogP contribution in [-0.2, 0) is 21.2 Å². The molecule has 1 N–H and O–H groups in total. The summed E-state index contributed by atoms with van der Waals surface area (Å²) >= 11 is 0. The van der Waals surface area contributed by atoms with Crippen molar-refractivity contribution in [3.05, 3.63) is 54.1 Å². The van der Waals surface area contributed by atoms with Crippen LogP contribution >= 0.6 is 0 Å². The number of sulfonamides is 1. The second-order valence-corrected chi connectivity index (χ2v) is 8.12. The summed E-state index contributed by atoms with van der Waals surface area (Å²) in [6.07, 6.45) is 0.797. The molecule has 1 aliphatic rings. The molecule has 1 aliphatic heterocycles. The Balaban J connectivity index is 1.52. The normalized spacial score (nSPS) is 16.4.